The van der Waals surface area contributed by atoms with Gasteiger partial charge in [0.25, 0.3) is 5.91 Å². The summed E-state index contributed by atoms with van der Waals surface area (Å²) in [5.41, 5.74) is 1.03. The molecule has 0 aliphatic carbocycles. The van der Waals surface area contributed by atoms with Crippen LogP contribution in [0.4, 0.5) is 10.1 Å². The molecule has 0 saturated heterocycles. The van der Waals surface area contributed by atoms with E-state index in [1.807, 2.05) is 0 Å². The number of carbonyl (C=O) groups excluding carboxylic acids is 2. The Hall–Kier alpha value is -3.21. The van der Waals surface area contributed by atoms with Gasteiger partial charge in [-0.05, 0) is 24.3 Å². The predicted molar refractivity (Wildman–Crippen MR) is 93.0 cm³/mol. The monoisotopic (exact) mass is 324 g/mol. The van der Waals surface area contributed by atoms with Gasteiger partial charge in [0.05, 0.1) is 11.3 Å². The molecule has 0 spiro atoms. The van der Waals surface area contributed by atoms with Gasteiger partial charge in [-0.3, -0.25) is 9.59 Å². The zero-order valence-electron chi connectivity index (χ0n) is 13.0. The molecule has 0 unspecified atom stereocenters. The molecule has 0 bridgehead atoms. The Morgan fingerprint density at radius 3 is 2.54 bits per heavy atom. The Bertz CT molecular complexity index is 784. The number of hydrogen-bond donors (Lipinski definition) is 2. The molecule has 0 aliphatic rings. The Kier molecular flexibility index (Phi) is 6.02. The van der Waals surface area contributed by atoms with E-state index in [2.05, 4.69) is 17.2 Å². The third kappa shape index (κ3) is 4.64. The minimum absolute atomic E-state index is 0.310. The number of benzene rings is 2. The normalized spacial score (nSPS) is 10.4. The van der Waals surface area contributed by atoms with E-state index < -0.39 is 11.7 Å². The van der Waals surface area contributed by atoms with Gasteiger partial charge in [0, 0.05) is 18.2 Å². The van der Waals surface area contributed by atoms with Gasteiger partial charge in [0.1, 0.15) is 5.82 Å². The summed E-state index contributed by atoms with van der Waals surface area (Å²) in [6, 6.07) is 12.8. The Morgan fingerprint density at radius 1 is 1.08 bits per heavy atom. The number of amides is 2. The first-order valence-electron chi connectivity index (χ1n) is 7.33. The number of rotatable bonds is 6. The van der Waals surface area contributed by atoms with Crippen molar-refractivity contribution < 1.29 is 14.0 Å². The van der Waals surface area contributed by atoms with Gasteiger partial charge in [-0.1, -0.05) is 36.4 Å². The van der Waals surface area contributed by atoms with E-state index in [1.165, 1.54) is 18.2 Å². The van der Waals surface area contributed by atoms with Crippen LogP contribution in [0.1, 0.15) is 15.9 Å². The first kappa shape index (κ1) is 17.1. The van der Waals surface area contributed by atoms with Crippen LogP contribution in [0.15, 0.2) is 67.3 Å². The SMILES string of the molecule is C=CCNC(=O)c1ccccc1NC(=O)/C=C/c1ccccc1F. The fourth-order valence-electron chi connectivity index (χ4n) is 2.00. The zero-order chi connectivity index (χ0) is 17.4. The van der Waals surface area contributed by atoms with E-state index in [0.29, 0.717) is 23.4 Å². The van der Waals surface area contributed by atoms with Gasteiger partial charge in [0.2, 0.25) is 5.91 Å². The fourth-order valence-corrected chi connectivity index (χ4v) is 2.00. The lowest BCUT2D eigenvalue weighted by Gasteiger charge is -2.09. The molecule has 0 saturated carbocycles. The van der Waals surface area contributed by atoms with Crippen molar-refractivity contribution in [2.75, 3.05) is 11.9 Å². The summed E-state index contributed by atoms with van der Waals surface area (Å²) < 4.78 is 13.5. The Balaban J connectivity index is 2.10. The molecule has 0 atom stereocenters. The first-order chi connectivity index (χ1) is 11.6. The minimum Gasteiger partial charge on any atom is -0.349 e. The van der Waals surface area contributed by atoms with Crippen LogP contribution < -0.4 is 10.6 Å². The molecule has 2 rings (SSSR count). The summed E-state index contributed by atoms with van der Waals surface area (Å²) in [6.07, 6.45) is 4.16. The van der Waals surface area contributed by atoms with Gasteiger partial charge in [-0.2, -0.15) is 0 Å². The first-order valence-corrected chi connectivity index (χ1v) is 7.33. The van der Waals surface area contributed by atoms with Crippen molar-refractivity contribution in [3.05, 3.63) is 84.2 Å². The number of hydrogen-bond acceptors (Lipinski definition) is 2. The van der Waals surface area contributed by atoms with Crippen molar-refractivity contribution >= 4 is 23.6 Å². The zero-order valence-corrected chi connectivity index (χ0v) is 13.0. The van der Waals surface area contributed by atoms with Crippen LogP contribution in [0.2, 0.25) is 0 Å². The molecule has 2 aromatic rings. The standard InChI is InChI=1S/C19H17FN2O2/c1-2-13-21-19(24)15-8-4-6-10-17(15)22-18(23)12-11-14-7-3-5-9-16(14)20/h2-12H,1,13H2,(H,21,24)(H,22,23)/b12-11+. The van der Waals surface area contributed by atoms with Gasteiger partial charge in [-0.25, -0.2) is 4.39 Å². The van der Waals surface area contributed by atoms with E-state index in [4.69, 9.17) is 0 Å². The smallest absolute Gasteiger partial charge is 0.253 e. The van der Waals surface area contributed by atoms with Crippen LogP contribution in [0.25, 0.3) is 6.08 Å². The highest BCUT2D eigenvalue weighted by Crippen LogP contribution is 2.15. The van der Waals surface area contributed by atoms with Gasteiger partial charge in [0.15, 0.2) is 0 Å². The van der Waals surface area contributed by atoms with Crippen LogP contribution in [0, 0.1) is 5.82 Å². The molecule has 0 aliphatic heterocycles. The highest BCUT2D eigenvalue weighted by atomic mass is 19.1. The van der Waals surface area contributed by atoms with E-state index in [-0.39, 0.29) is 5.91 Å². The summed E-state index contributed by atoms with van der Waals surface area (Å²) in [6.45, 7) is 3.86. The molecule has 2 amide bonds. The minimum atomic E-state index is -0.456. The average Bonchev–Trinajstić information content (AvgIpc) is 2.59. The largest absolute Gasteiger partial charge is 0.349 e. The number of anilines is 1. The second kappa shape index (κ2) is 8.43. The summed E-state index contributed by atoms with van der Waals surface area (Å²) in [5.74, 6) is -1.18. The maximum absolute atomic E-state index is 13.5. The molecule has 5 heteroatoms. The number of carbonyl (C=O) groups is 2. The lowest BCUT2D eigenvalue weighted by Crippen LogP contribution is -2.24. The topological polar surface area (TPSA) is 58.2 Å². The highest BCUT2D eigenvalue weighted by Gasteiger charge is 2.11. The molecule has 24 heavy (non-hydrogen) atoms. The van der Waals surface area contributed by atoms with E-state index in [0.717, 1.165) is 0 Å². The van der Waals surface area contributed by atoms with E-state index >= 15 is 0 Å². The van der Waals surface area contributed by atoms with Gasteiger partial charge in [-0.15, -0.1) is 6.58 Å². The third-order valence-electron chi connectivity index (χ3n) is 3.16. The van der Waals surface area contributed by atoms with Crippen molar-refractivity contribution in [2.45, 2.75) is 0 Å². The highest BCUT2D eigenvalue weighted by molar-refractivity contribution is 6.07. The summed E-state index contributed by atoms with van der Waals surface area (Å²) in [4.78, 5) is 24.1. The van der Waals surface area contributed by atoms with Crippen LogP contribution in [0.5, 0.6) is 0 Å². The second-order valence-electron chi connectivity index (χ2n) is 4.89. The average molecular weight is 324 g/mol. The molecule has 0 aromatic heterocycles. The van der Waals surface area contributed by atoms with Crippen molar-refractivity contribution in [3.8, 4) is 0 Å². The molecule has 0 radical (unpaired) electrons. The van der Waals surface area contributed by atoms with Gasteiger partial charge < -0.3 is 10.6 Å². The van der Waals surface area contributed by atoms with Crippen LogP contribution in [-0.2, 0) is 4.79 Å². The fraction of sp³-hybridized carbons (Fsp3) is 0.0526. The molecule has 122 valence electrons. The van der Waals surface area contributed by atoms with Crippen LogP contribution in [0.3, 0.4) is 0 Å². The summed E-state index contributed by atoms with van der Waals surface area (Å²) in [5, 5.41) is 5.27. The van der Waals surface area contributed by atoms with E-state index in [1.54, 1.807) is 48.5 Å². The van der Waals surface area contributed by atoms with E-state index in [9.17, 15) is 14.0 Å². The predicted octanol–water partition coefficient (Wildman–Crippen LogP) is 3.39. The molecular formula is C19H17FN2O2. The second-order valence-corrected chi connectivity index (χ2v) is 4.89. The molecule has 4 nitrogen and oxygen atoms in total. The van der Waals surface area contributed by atoms with Gasteiger partial charge >= 0.3 is 0 Å². The molecule has 2 N–H and O–H groups in total. The van der Waals surface area contributed by atoms with Crippen LogP contribution >= 0.6 is 0 Å². The maximum Gasteiger partial charge on any atom is 0.253 e. The Labute approximate surface area is 139 Å². The molecular weight excluding hydrogens is 307 g/mol. The van der Waals surface area contributed by atoms with Crippen molar-refractivity contribution in [2.24, 2.45) is 0 Å². The van der Waals surface area contributed by atoms with Crippen molar-refractivity contribution in [1.82, 2.24) is 5.32 Å². The lowest BCUT2D eigenvalue weighted by atomic mass is 10.1. The van der Waals surface area contributed by atoms with Crippen LogP contribution in [-0.4, -0.2) is 18.4 Å². The Morgan fingerprint density at radius 2 is 1.79 bits per heavy atom. The molecule has 2 aromatic carbocycles. The number of halogens is 1. The molecule has 0 fully saturated rings. The molecule has 0 heterocycles. The summed E-state index contributed by atoms with van der Waals surface area (Å²) >= 11 is 0. The van der Waals surface area contributed by atoms with Crippen molar-refractivity contribution in [3.63, 3.8) is 0 Å². The quantitative estimate of drug-likeness (QED) is 0.632. The number of nitrogens with one attached hydrogen (secondary N) is 2. The summed E-state index contributed by atoms with van der Waals surface area (Å²) in [7, 11) is 0. The van der Waals surface area contributed by atoms with Crippen molar-refractivity contribution in [1.29, 1.82) is 0 Å². The third-order valence-corrected chi connectivity index (χ3v) is 3.16. The maximum atomic E-state index is 13.5. The number of para-hydroxylation sites is 1. The lowest BCUT2D eigenvalue weighted by molar-refractivity contribution is -0.111.